The first-order valence-electron chi connectivity index (χ1n) is 6.77. The first kappa shape index (κ1) is 24.1. The number of rotatable bonds is 10. The standard InChI is InChI=1S/C12H15F11O2/c1-3-4-5-24-7(2)25-6-8(13,14)9(15,16)10(17,18)11(19,20)12(21,22)23/h7H,3-6H2,1-2H3/t7-/m1/s1. The molecule has 13 heteroatoms. The molecule has 0 aromatic rings. The molecule has 1 atom stereocenters. The fourth-order valence-corrected chi connectivity index (χ4v) is 1.36. The molecule has 0 saturated heterocycles. The average Bonchev–Trinajstić information content (AvgIpc) is 2.43. The summed E-state index contributed by atoms with van der Waals surface area (Å²) in [5.74, 6) is -27.9. The van der Waals surface area contributed by atoms with Crippen molar-refractivity contribution in [3.05, 3.63) is 0 Å². The van der Waals surface area contributed by atoms with E-state index < -0.39 is 42.8 Å². The van der Waals surface area contributed by atoms with Gasteiger partial charge in [-0.25, -0.2) is 0 Å². The first-order valence-corrected chi connectivity index (χ1v) is 6.77. The minimum atomic E-state index is -7.42. The lowest BCUT2D eigenvalue weighted by Gasteiger charge is -2.37. The Morgan fingerprint density at radius 3 is 1.60 bits per heavy atom. The lowest BCUT2D eigenvalue weighted by molar-refractivity contribution is -0.425. The van der Waals surface area contributed by atoms with Crippen LogP contribution < -0.4 is 0 Å². The van der Waals surface area contributed by atoms with Crippen molar-refractivity contribution in [3.8, 4) is 0 Å². The molecule has 0 aliphatic carbocycles. The van der Waals surface area contributed by atoms with E-state index in [1.165, 1.54) is 0 Å². The topological polar surface area (TPSA) is 18.5 Å². The number of ether oxygens (including phenoxy) is 2. The highest BCUT2D eigenvalue weighted by molar-refractivity contribution is 5.06. The van der Waals surface area contributed by atoms with E-state index in [4.69, 9.17) is 0 Å². The van der Waals surface area contributed by atoms with Crippen LogP contribution in [0.4, 0.5) is 48.3 Å². The quantitative estimate of drug-likeness (QED) is 0.283. The molecule has 152 valence electrons. The smallest absolute Gasteiger partial charge is 0.353 e. The van der Waals surface area contributed by atoms with Crippen LogP contribution in [0.3, 0.4) is 0 Å². The van der Waals surface area contributed by atoms with Crippen LogP contribution in [-0.2, 0) is 9.47 Å². The Bertz CT molecular complexity index is 420. The number of alkyl halides is 11. The molecule has 0 aliphatic heterocycles. The molecule has 0 heterocycles. The highest BCUT2D eigenvalue weighted by atomic mass is 19.4. The van der Waals surface area contributed by atoms with E-state index in [0.29, 0.717) is 12.8 Å². The Balaban J connectivity index is 5.26. The van der Waals surface area contributed by atoms with Gasteiger partial charge in [0, 0.05) is 6.61 Å². The van der Waals surface area contributed by atoms with Gasteiger partial charge in [0.25, 0.3) is 0 Å². The zero-order valence-electron chi connectivity index (χ0n) is 12.9. The van der Waals surface area contributed by atoms with Gasteiger partial charge < -0.3 is 9.47 Å². The highest BCUT2D eigenvalue weighted by Gasteiger charge is 2.87. The monoisotopic (exact) mass is 400 g/mol. The second-order valence-electron chi connectivity index (χ2n) is 5.03. The fourth-order valence-electron chi connectivity index (χ4n) is 1.36. The Labute approximate surface area is 135 Å². The molecule has 0 aromatic heterocycles. The summed E-state index contributed by atoms with van der Waals surface area (Å²) in [4.78, 5) is 0. The SMILES string of the molecule is CCCCO[C@@H](C)OCC(F)(F)C(F)(F)C(F)(F)C(F)(F)C(F)(F)F. The number of halogens is 11. The molecule has 0 unspecified atom stereocenters. The normalized spacial score (nSPS) is 16.2. The summed E-state index contributed by atoms with van der Waals surface area (Å²) in [6.07, 6.45) is -7.77. The lowest BCUT2D eigenvalue weighted by atomic mass is 9.98. The third kappa shape index (κ3) is 4.86. The zero-order valence-corrected chi connectivity index (χ0v) is 12.9. The van der Waals surface area contributed by atoms with Crippen LogP contribution in [-0.4, -0.2) is 49.4 Å². The Morgan fingerprint density at radius 1 is 0.720 bits per heavy atom. The molecular weight excluding hydrogens is 385 g/mol. The summed E-state index contributed by atoms with van der Waals surface area (Å²) in [6.45, 7) is 0.0115. The van der Waals surface area contributed by atoms with Gasteiger partial charge in [0.1, 0.15) is 6.61 Å². The first-order chi connectivity index (χ1) is 11.0. The number of unbranched alkanes of at least 4 members (excludes halogenated alkanes) is 1. The minimum Gasteiger partial charge on any atom is -0.353 e. The van der Waals surface area contributed by atoms with Crippen molar-refractivity contribution in [1.82, 2.24) is 0 Å². The van der Waals surface area contributed by atoms with E-state index in [0.717, 1.165) is 6.92 Å². The number of hydrogen-bond donors (Lipinski definition) is 0. The van der Waals surface area contributed by atoms with Crippen molar-refractivity contribution < 1.29 is 57.8 Å². The molecule has 2 nitrogen and oxygen atoms in total. The molecule has 0 bridgehead atoms. The predicted molar refractivity (Wildman–Crippen MR) is 62.1 cm³/mol. The third-order valence-electron chi connectivity index (χ3n) is 2.95. The van der Waals surface area contributed by atoms with Gasteiger partial charge in [-0.3, -0.25) is 0 Å². The molecule has 25 heavy (non-hydrogen) atoms. The maximum Gasteiger partial charge on any atom is 0.460 e. The molecule has 0 fully saturated rings. The van der Waals surface area contributed by atoms with Gasteiger partial charge in [-0.15, -0.1) is 0 Å². The van der Waals surface area contributed by atoms with Crippen LogP contribution in [0.25, 0.3) is 0 Å². The van der Waals surface area contributed by atoms with Gasteiger partial charge in [0.15, 0.2) is 6.29 Å². The van der Waals surface area contributed by atoms with E-state index in [1.807, 2.05) is 0 Å². The fraction of sp³-hybridized carbons (Fsp3) is 1.00. The van der Waals surface area contributed by atoms with Crippen LogP contribution in [0.5, 0.6) is 0 Å². The van der Waals surface area contributed by atoms with Crippen molar-refractivity contribution in [2.75, 3.05) is 13.2 Å². The van der Waals surface area contributed by atoms with Gasteiger partial charge in [0.2, 0.25) is 0 Å². The summed E-state index contributed by atoms with van der Waals surface area (Å²) >= 11 is 0. The van der Waals surface area contributed by atoms with Crippen LogP contribution in [0.15, 0.2) is 0 Å². The van der Waals surface area contributed by atoms with Crippen molar-refractivity contribution in [1.29, 1.82) is 0 Å². The molecule has 0 aliphatic rings. The van der Waals surface area contributed by atoms with Gasteiger partial charge in [0.05, 0.1) is 0 Å². The minimum absolute atomic E-state index is 0.0675. The van der Waals surface area contributed by atoms with E-state index in [2.05, 4.69) is 9.47 Å². The van der Waals surface area contributed by atoms with E-state index in [-0.39, 0.29) is 6.61 Å². The van der Waals surface area contributed by atoms with E-state index in [1.54, 1.807) is 6.92 Å². The van der Waals surface area contributed by atoms with Crippen LogP contribution >= 0.6 is 0 Å². The Morgan fingerprint density at radius 2 is 1.20 bits per heavy atom. The lowest BCUT2D eigenvalue weighted by Crippen LogP contribution is -2.67. The molecular formula is C12H15F11O2. The van der Waals surface area contributed by atoms with Crippen molar-refractivity contribution in [3.63, 3.8) is 0 Å². The number of hydrogen-bond acceptors (Lipinski definition) is 2. The van der Waals surface area contributed by atoms with Crippen molar-refractivity contribution in [2.45, 2.75) is 62.8 Å². The van der Waals surface area contributed by atoms with Crippen LogP contribution in [0.1, 0.15) is 26.7 Å². The van der Waals surface area contributed by atoms with E-state index in [9.17, 15) is 48.3 Å². The van der Waals surface area contributed by atoms with Crippen molar-refractivity contribution in [2.24, 2.45) is 0 Å². The maximum atomic E-state index is 13.3. The molecule has 0 aromatic carbocycles. The second kappa shape index (κ2) is 7.80. The Kier molecular flexibility index (Phi) is 7.54. The van der Waals surface area contributed by atoms with Gasteiger partial charge in [-0.2, -0.15) is 48.3 Å². The summed E-state index contributed by atoms with van der Waals surface area (Å²) < 4.78 is 148. The molecule has 0 radical (unpaired) electrons. The van der Waals surface area contributed by atoms with Gasteiger partial charge in [-0.1, -0.05) is 13.3 Å². The molecule has 0 amide bonds. The zero-order chi connectivity index (χ0) is 20.3. The Hall–Kier alpha value is -0.850. The van der Waals surface area contributed by atoms with E-state index >= 15 is 0 Å². The van der Waals surface area contributed by atoms with Crippen LogP contribution in [0.2, 0.25) is 0 Å². The average molecular weight is 400 g/mol. The maximum absolute atomic E-state index is 13.3. The molecule has 0 N–H and O–H groups in total. The molecule has 0 spiro atoms. The van der Waals surface area contributed by atoms with Crippen molar-refractivity contribution >= 4 is 0 Å². The summed E-state index contributed by atoms with van der Waals surface area (Å²) in [5, 5.41) is 0. The molecule has 0 saturated carbocycles. The van der Waals surface area contributed by atoms with Gasteiger partial charge in [-0.05, 0) is 13.3 Å². The summed E-state index contributed by atoms with van der Waals surface area (Å²) in [7, 11) is 0. The third-order valence-corrected chi connectivity index (χ3v) is 2.95. The largest absolute Gasteiger partial charge is 0.460 e. The predicted octanol–water partition coefficient (Wildman–Crippen LogP) is 5.27. The summed E-state index contributed by atoms with van der Waals surface area (Å²) in [5.41, 5.74) is 0. The highest BCUT2D eigenvalue weighted by Crippen LogP contribution is 2.57. The van der Waals surface area contributed by atoms with Gasteiger partial charge >= 0.3 is 29.9 Å². The molecule has 0 rings (SSSR count). The van der Waals surface area contributed by atoms with Crippen LogP contribution in [0, 0.1) is 0 Å². The summed E-state index contributed by atoms with van der Waals surface area (Å²) in [6, 6.07) is 0. The second-order valence-corrected chi connectivity index (χ2v) is 5.03.